The second-order valence-corrected chi connectivity index (χ2v) is 5.87. The molecule has 0 saturated carbocycles. The second kappa shape index (κ2) is 7.79. The summed E-state index contributed by atoms with van der Waals surface area (Å²) in [5, 5.41) is 2.64. The molecule has 0 aromatic heterocycles. The lowest BCUT2D eigenvalue weighted by Crippen LogP contribution is -2.51. The lowest BCUT2D eigenvalue weighted by Gasteiger charge is -2.36. The molecule has 1 saturated heterocycles. The largest absolute Gasteiger partial charge is 0.366 e. The van der Waals surface area contributed by atoms with Gasteiger partial charge in [-0.3, -0.25) is 9.59 Å². The summed E-state index contributed by atoms with van der Waals surface area (Å²) >= 11 is 0. The molecular weight excluding hydrogens is 321 g/mol. The van der Waals surface area contributed by atoms with Crippen molar-refractivity contribution in [2.45, 2.75) is 0 Å². The van der Waals surface area contributed by atoms with Crippen LogP contribution in [0.1, 0.15) is 10.4 Å². The average molecular weight is 341 g/mol. The van der Waals surface area contributed by atoms with Gasteiger partial charge in [0.2, 0.25) is 5.91 Å². The molecule has 0 bridgehead atoms. The molecule has 1 aliphatic heterocycles. The minimum Gasteiger partial charge on any atom is -0.366 e. The van der Waals surface area contributed by atoms with E-state index in [0.717, 1.165) is 0 Å². The summed E-state index contributed by atoms with van der Waals surface area (Å²) in [6, 6.07) is 15.4. The molecule has 0 atom stereocenters. The lowest BCUT2D eigenvalue weighted by atomic mass is 10.2. The number of para-hydroxylation sites is 1. The van der Waals surface area contributed by atoms with Gasteiger partial charge in [0.25, 0.3) is 5.91 Å². The monoisotopic (exact) mass is 341 g/mol. The highest BCUT2D eigenvalue weighted by Gasteiger charge is 2.22. The second-order valence-electron chi connectivity index (χ2n) is 5.87. The van der Waals surface area contributed by atoms with E-state index in [9.17, 15) is 14.0 Å². The van der Waals surface area contributed by atoms with Crippen LogP contribution in [-0.2, 0) is 4.79 Å². The Morgan fingerprint density at radius 2 is 1.56 bits per heavy atom. The van der Waals surface area contributed by atoms with Crippen molar-refractivity contribution in [1.82, 2.24) is 10.2 Å². The first-order valence-corrected chi connectivity index (χ1v) is 8.25. The zero-order chi connectivity index (χ0) is 17.6. The Kier molecular flexibility index (Phi) is 5.28. The highest BCUT2D eigenvalue weighted by Crippen LogP contribution is 2.20. The molecule has 25 heavy (non-hydrogen) atoms. The van der Waals surface area contributed by atoms with Crippen molar-refractivity contribution in [1.29, 1.82) is 0 Å². The van der Waals surface area contributed by atoms with E-state index in [1.54, 1.807) is 47.4 Å². The predicted octanol–water partition coefficient (Wildman–Crippen LogP) is 1.90. The molecule has 3 rings (SSSR count). The normalized spacial score (nSPS) is 14.3. The van der Waals surface area contributed by atoms with E-state index >= 15 is 0 Å². The molecule has 6 heteroatoms. The van der Waals surface area contributed by atoms with Crippen molar-refractivity contribution in [2.75, 3.05) is 37.6 Å². The third-order valence-corrected chi connectivity index (χ3v) is 4.26. The van der Waals surface area contributed by atoms with E-state index in [-0.39, 0.29) is 24.2 Å². The molecule has 0 unspecified atom stereocenters. The van der Waals surface area contributed by atoms with Crippen LogP contribution in [-0.4, -0.2) is 49.4 Å². The molecule has 1 N–H and O–H groups in total. The van der Waals surface area contributed by atoms with E-state index in [4.69, 9.17) is 0 Å². The van der Waals surface area contributed by atoms with Crippen LogP contribution in [0.15, 0.2) is 54.6 Å². The van der Waals surface area contributed by atoms with Gasteiger partial charge in [0.05, 0.1) is 12.2 Å². The van der Waals surface area contributed by atoms with Gasteiger partial charge in [-0.05, 0) is 24.3 Å². The maximum absolute atomic E-state index is 13.8. The van der Waals surface area contributed by atoms with Crippen LogP contribution < -0.4 is 10.2 Å². The van der Waals surface area contributed by atoms with Gasteiger partial charge in [0.15, 0.2) is 0 Å². The molecule has 2 aromatic carbocycles. The van der Waals surface area contributed by atoms with Crippen LogP contribution in [0, 0.1) is 5.82 Å². The van der Waals surface area contributed by atoms with Crippen molar-refractivity contribution < 1.29 is 14.0 Å². The fourth-order valence-electron chi connectivity index (χ4n) is 2.86. The first-order valence-electron chi connectivity index (χ1n) is 8.25. The van der Waals surface area contributed by atoms with Crippen LogP contribution in [0.4, 0.5) is 10.1 Å². The lowest BCUT2D eigenvalue weighted by molar-refractivity contribution is -0.130. The number of nitrogens with zero attached hydrogens (tertiary/aromatic N) is 2. The van der Waals surface area contributed by atoms with Crippen LogP contribution in [0.5, 0.6) is 0 Å². The van der Waals surface area contributed by atoms with Crippen LogP contribution in [0.2, 0.25) is 0 Å². The SMILES string of the molecule is O=C(NCC(=O)N1CCN(c2ccccc2F)CC1)c1ccccc1. The molecule has 1 heterocycles. The van der Waals surface area contributed by atoms with Gasteiger partial charge in [0, 0.05) is 31.7 Å². The maximum atomic E-state index is 13.8. The van der Waals surface area contributed by atoms with Crippen molar-refractivity contribution in [3.05, 3.63) is 66.0 Å². The van der Waals surface area contributed by atoms with Crippen molar-refractivity contribution in [3.8, 4) is 0 Å². The Balaban J connectivity index is 1.49. The Hall–Kier alpha value is -2.89. The summed E-state index contributed by atoms with van der Waals surface area (Å²) in [6.07, 6.45) is 0. The van der Waals surface area contributed by atoms with Crippen molar-refractivity contribution in [3.63, 3.8) is 0 Å². The molecule has 0 spiro atoms. The Bertz CT molecular complexity index is 743. The summed E-state index contributed by atoms with van der Waals surface area (Å²) < 4.78 is 13.8. The molecule has 2 aromatic rings. The fraction of sp³-hybridized carbons (Fsp3) is 0.263. The number of piperazine rings is 1. The highest BCUT2D eigenvalue weighted by molar-refractivity contribution is 5.96. The summed E-state index contributed by atoms with van der Waals surface area (Å²) in [5.74, 6) is -0.645. The number of carbonyl (C=O) groups excluding carboxylic acids is 2. The number of benzene rings is 2. The van der Waals surface area contributed by atoms with Crippen molar-refractivity contribution >= 4 is 17.5 Å². The van der Waals surface area contributed by atoms with Gasteiger partial charge in [-0.25, -0.2) is 4.39 Å². The maximum Gasteiger partial charge on any atom is 0.251 e. The number of rotatable bonds is 4. The summed E-state index contributed by atoms with van der Waals surface area (Å²) in [5.41, 5.74) is 1.09. The summed E-state index contributed by atoms with van der Waals surface area (Å²) in [4.78, 5) is 27.9. The number of hydrogen-bond acceptors (Lipinski definition) is 3. The number of hydrogen-bond donors (Lipinski definition) is 1. The van der Waals surface area contributed by atoms with Crippen LogP contribution in [0.3, 0.4) is 0 Å². The van der Waals surface area contributed by atoms with Gasteiger partial charge in [-0.1, -0.05) is 30.3 Å². The summed E-state index contributed by atoms with van der Waals surface area (Å²) in [6.45, 7) is 2.12. The fourth-order valence-corrected chi connectivity index (χ4v) is 2.86. The molecule has 2 amide bonds. The minimum atomic E-state index is -0.265. The Morgan fingerprint density at radius 3 is 2.24 bits per heavy atom. The minimum absolute atomic E-state index is 0.0343. The van der Waals surface area contributed by atoms with Gasteiger partial charge < -0.3 is 15.1 Å². The first kappa shape index (κ1) is 17.0. The van der Waals surface area contributed by atoms with E-state index < -0.39 is 0 Å². The smallest absolute Gasteiger partial charge is 0.251 e. The topological polar surface area (TPSA) is 52.7 Å². The van der Waals surface area contributed by atoms with Crippen LogP contribution >= 0.6 is 0 Å². The molecule has 5 nitrogen and oxygen atoms in total. The third-order valence-electron chi connectivity index (χ3n) is 4.26. The molecule has 1 aliphatic rings. The predicted molar refractivity (Wildman–Crippen MR) is 94.0 cm³/mol. The van der Waals surface area contributed by atoms with E-state index in [2.05, 4.69) is 5.32 Å². The zero-order valence-electron chi connectivity index (χ0n) is 13.8. The third kappa shape index (κ3) is 4.15. The van der Waals surface area contributed by atoms with Gasteiger partial charge in [-0.15, -0.1) is 0 Å². The number of halogens is 1. The van der Waals surface area contributed by atoms with Gasteiger partial charge >= 0.3 is 0 Å². The standard InChI is InChI=1S/C19H20FN3O2/c20-16-8-4-5-9-17(16)22-10-12-23(13-11-22)18(24)14-21-19(25)15-6-2-1-3-7-15/h1-9H,10-14H2,(H,21,25). The van der Waals surface area contributed by atoms with Gasteiger partial charge in [-0.2, -0.15) is 0 Å². The highest BCUT2D eigenvalue weighted by atomic mass is 19.1. The Morgan fingerprint density at radius 1 is 0.920 bits per heavy atom. The van der Waals surface area contributed by atoms with E-state index in [1.807, 2.05) is 11.0 Å². The molecule has 1 fully saturated rings. The zero-order valence-corrected chi connectivity index (χ0v) is 13.8. The molecule has 0 radical (unpaired) electrons. The van der Waals surface area contributed by atoms with E-state index in [0.29, 0.717) is 37.4 Å². The molecular formula is C19H20FN3O2. The summed E-state index contributed by atoms with van der Waals surface area (Å²) in [7, 11) is 0. The quantitative estimate of drug-likeness (QED) is 0.924. The Labute approximate surface area is 146 Å². The number of amides is 2. The van der Waals surface area contributed by atoms with Gasteiger partial charge in [0.1, 0.15) is 5.82 Å². The molecule has 130 valence electrons. The number of anilines is 1. The first-order chi connectivity index (χ1) is 12.1. The number of carbonyl (C=O) groups is 2. The molecule has 0 aliphatic carbocycles. The van der Waals surface area contributed by atoms with Crippen molar-refractivity contribution in [2.24, 2.45) is 0 Å². The van der Waals surface area contributed by atoms with Crippen LogP contribution in [0.25, 0.3) is 0 Å². The van der Waals surface area contributed by atoms with E-state index in [1.165, 1.54) is 6.07 Å². The average Bonchev–Trinajstić information content (AvgIpc) is 2.67. The number of nitrogens with one attached hydrogen (secondary N) is 1.